The van der Waals surface area contributed by atoms with Gasteiger partial charge in [-0.3, -0.25) is 4.79 Å². The van der Waals surface area contributed by atoms with E-state index in [0.717, 1.165) is 54.5 Å². The number of aliphatic hydroxyl groups is 1. The molecule has 0 radical (unpaired) electrons. The van der Waals surface area contributed by atoms with Crippen LogP contribution in [0.4, 0.5) is 0 Å². The second-order valence-corrected chi connectivity index (χ2v) is 8.06. The highest BCUT2D eigenvalue weighted by Gasteiger charge is 2.29. The van der Waals surface area contributed by atoms with Crippen molar-refractivity contribution < 1.29 is 9.90 Å². The Bertz CT molecular complexity index is 955. The van der Waals surface area contributed by atoms with Crippen molar-refractivity contribution in [3.05, 3.63) is 96.1 Å². The van der Waals surface area contributed by atoms with E-state index in [4.69, 9.17) is 0 Å². The predicted octanol–water partition coefficient (Wildman–Crippen LogP) is 5.86. The Morgan fingerprint density at radius 3 is 2.33 bits per heavy atom. The van der Waals surface area contributed by atoms with Gasteiger partial charge in [0.05, 0.1) is 6.10 Å². The molecule has 3 nitrogen and oxygen atoms in total. The Balaban J connectivity index is 1.51. The van der Waals surface area contributed by atoms with Gasteiger partial charge in [0, 0.05) is 18.2 Å². The second kappa shape index (κ2) is 9.73. The Morgan fingerprint density at radius 1 is 0.900 bits per heavy atom. The highest BCUT2D eigenvalue weighted by Crippen LogP contribution is 2.30. The smallest absolute Gasteiger partial charge is 0.254 e. The molecule has 1 amide bonds. The van der Waals surface area contributed by atoms with Gasteiger partial charge in [0.15, 0.2) is 0 Å². The first-order chi connectivity index (χ1) is 14.7. The Kier molecular flexibility index (Phi) is 6.60. The molecule has 1 N–H and O–H groups in total. The summed E-state index contributed by atoms with van der Waals surface area (Å²) in [6.45, 7) is 0.786. The molecule has 30 heavy (non-hydrogen) atoms. The summed E-state index contributed by atoms with van der Waals surface area (Å²) < 4.78 is 0. The molecule has 3 aromatic rings. The van der Waals surface area contributed by atoms with E-state index in [1.807, 2.05) is 77.7 Å². The van der Waals surface area contributed by atoms with Gasteiger partial charge in [0.25, 0.3) is 5.91 Å². The van der Waals surface area contributed by atoms with Gasteiger partial charge >= 0.3 is 0 Å². The molecule has 0 aromatic heterocycles. The van der Waals surface area contributed by atoms with Crippen molar-refractivity contribution in [2.24, 2.45) is 0 Å². The van der Waals surface area contributed by atoms with Crippen molar-refractivity contribution in [3.63, 3.8) is 0 Å². The second-order valence-electron chi connectivity index (χ2n) is 8.06. The van der Waals surface area contributed by atoms with Crippen molar-refractivity contribution >= 4 is 5.91 Å². The number of piperidine rings is 1. The summed E-state index contributed by atoms with van der Waals surface area (Å²) in [5, 5.41) is 10.6. The maximum Gasteiger partial charge on any atom is 0.254 e. The summed E-state index contributed by atoms with van der Waals surface area (Å²) in [6, 6.07) is 28.0. The van der Waals surface area contributed by atoms with Crippen LogP contribution < -0.4 is 0 Å². The zero-order valence-electron chi connectivity index (χ0n) is 17.3. The average Bonchev–Trinajstić information content (AvgIpc) is 2.83. The van der Waals surface area contributed by atoms with Gasteiger partial charge in [0.2, 0.25) is 0 Å². The van der Waals surface area contributed by atoms with E-state index < -0.39 is 6.10 Å². The van der Waals surface area contributed by atoms with Gasteiger partial charge in [-0.05, 0) is 54.9 Å². The molecule has 154 valence electrons. The molecule has 1 saturated heterocycles. The fraction of sp³-hybridized carbons (Fsp3) is 0.296. The van der Waals surface area contributed by atoms with Crippen LogP contribution in [-0.2, 0) is 0 Å². The third kappa shape index (κ3) is 4.63. The van der Waals surface area contributed by atoms with E-state index in [-0.39, 0.29) is 11.9 Å². The van der Waals surface area contributed by atoms with Crippen molar-refractivity contribution in [1.82, 2.24) is 4.90 Å². The number of nitrogens with zero attached hydrogens (tertiary/aromatic N) is 1. The van der Waals surface area contributed by atoms with Gasteiger partial charge in [-0.15, -0.1) is 0 Å². The number of hydrogen-bond donors (Lipinski definition) is 1. The lowest BCUT2D eigenvalue weighted by Gasteiger charge is -2.36. The lowest BCUT2D eigenvalue weighted by molar-refractivity contribution is 0.0567. The number of carbonyl (C=O) groups is 1. The first kappa shape index (κ1) is 20.4. The number of benzene rings is 3. The molecular weight excluding hydrogens is 370 g/mol. The van der Waals surface area contributed by atoms with E-state index in [1.165, 1.54) is 0 Å². The minimum Gasteiger partial charge on any atom is -0.388 e. The number of aliphatic hydroxyl groups excluding tert-OH is 1. The summed E-state index contributed by atoms with van der Waals surface area (Å²) >= 11 is 0. The molecule has 4 rings (SSSR count). The molecule has 1 aliphatic heterocycles. The summed E-state index contributed by atoms with van der Waals surface area (Å²) in [6.07, 6.45) is 4.17. The van der Waals surface area contributed by atoms with Gasteiger partial charge < -0.3 is 10.0 Å². The molecule has 1 fully saturated rings. The van der Waals surface area contributed by atoms with Crippen LogP contribution in [0.2, 0.25) is 0 Å². The molecule has 2 unspecified atom stereocenters. The lowest BCUT2D eigenvalue weighted by Crippen LogP contribution is -2.44. The van der Waals surface area contributed by atoms with Gasteiger partial charge in [-0.2, -0.15) is 0 Å². The quantitative estimate of drug-likeness (QED) is 0.564. The summed E-state index contributed by atoms with van der Waals surface area (Å²) in [5.41, 5.74) is 3.76. The average molecular weight is 400 g/mol. The molecule has 0 saturated carbocycles. The third-order valence-corrected chi connectivity index (χ3v) is 6.09. The van der Waals surface area contributed by atoms with Crippen LogP contribution in [-0.4, -0.2) is 28.5 Å². The van der Waals surface area contributed by atoms with Crippen molar-refractivity contribution in [1.29, 1.82) is 0 Å². The highest BCUT2D eigenvalue weighted by molar-refractivity contribution is 6.01. The largest absolute Gasteiger partial charge is 0.388 e. The van der Waals surface area contributed by atoms with Crippen LogP contribution in [0.15, 0.2) is 84.9 Å². The molecule has 0 aliphatic carbocycles. The molecule has 2 atom stereocenters. The van der Waals surface area contributed by atoms with Crippen molar-refractivity contribution in [3.8, 4) is 11.1 Å². The fourth-order valence-electron chi connectivity index (χ4n) is 4.45. The molecule has 3 heteroatoms. The van der Waals surface area contributed by atoms with Crippen molar-refractivity contribution in [2.45, 2.75) is 44.2 Å². The molecular formula is C27H29NO2. The summed E-state index contributed by atoms with van der Waals surface area (Å²) in [7, 11) is 0. The number of likely N-dealkylation sites (tertiary alicyclic amines) is 1. The maximum absolute atomic E-state index is 13.6. The van der Waals surface area contributed by atoms with Crippen LogP contribution in [0.25, 0.3) is 11.1 Å². The van der Waals surface area contributed by atoms with Gasteiger partial charge in [-0.1, -0.05) is 78.9 Å². The molecule has 3 aromatic carbocycles. The standard InChI is InChI=1S/C27H29NO2/c29-26(22-13-5-2-6-14-22)19-18-23-15-9-10-20-28(23)27(30)25-17-8-7-16-24(25)21-11-3-1-4-12-21/h1-8,11-14,16-17,23,26,29H,9-10,15,18-20H2. The van der Waals surface area contributed by atoms with Crippen molar-refractivity contribution in [2.75, 3.05) is 6.54 Å². The predicted molar refractivity (Wildman–Crippen MR) is 121 cm³/mol. The topological polar surface area (TPSA) is 40.5 Å². The number of amides is 1. The van der Waals surface area contributed by atoms with Crippen LogP contribution in [0.1, 0.15) is 54.1 Å². The molecule has 1 aliphatic rings. The van der Waals surface area contributed by atoms with Gasteiger partial charge in [-0.25, -0.2) is 0 Å². The number of carbonyl (C=O) groups excluding carboxylic acids is 1. The highest BCUT2D eigenvalue weighted by atomic mass is 16.3. The Hall–Kier alpha value is -2.91. The normalized spacial score (nSPS) is 17.5. The summed E-state index contributed by atoms with van der Waals surface area (Å²) in [4.78, 5) is 15.6. The Labute approximate surface area is 179 Å². The molecule has 0 bridgehead atoms. The first-order valence-corrected chi connectivity index (χ1v) is 10.9. The maximum atomic E-state index is 13.6. The molecule has 0 spiro atoms. The van der Waals surface area contributed by atoms with Crippen LogP contribution in [0, 0.1) is 0 Å². The zero-order valence-corrected chi connectivity index (χ0v) is 17.3. The Morgan fingerprint density at radius 2 is 1.57 bits per heavy atom. The van der Waals surface area contributed by atoms with Crippen LogP contribution in [0.3, 0.4) is 0 Å². The number of hydrogen-bond acceptors (Lipinski definition) is 2. The molecule has 1 heterocycles. The minimum atomic E-state index is -0.485. The van der Waals surface area contributed by atoms with Crippen LogP contribution >= 0.6 is 0 Å². The van der Waals surface area contributed by atoms with E-state index in [1.54, 1.807) is 0 Å². The fourth-order valence-corrected chi connectivity index (χ4v) is 4.45. The van der Waals surface area contributed by atoms with E-state index >= 15 is 0 Å². The summed E-state index contributed by atoms with van der Waals surface area (Å²) in [5.74, 6) is 0.105. The van der Waals surface area contributed by atoms with Gasteiger partial charge in [0.1, 0.15) is 0 Å². The lowest BCUT2D eigenvalue weighted by atomic mass is 9.92. The zero-order chi connectivity index (χ0) is 20.8. The van der Waals surface area contributed by atoms with E-state index in [2.05, 4.69) is 12.1 Å². The monoisotopic (exact) mass is 399 g/mol. The SMILES string of the molecule is O=C(c1ccccc1-c1ccccc1)N1CCCCC1CCC(O)c1ccccc1. The van der Waals surface area contributed by atoms with E-state index in [9.17, 15) is 9.90 Å². The third-order valence-electron chi connectivity index (χ3n) is 6.09. The first-order valence-electron chi connectivity index (χ1n) is 10.9. The number of rotatable bonds is 6. The van der Waals surface area contributed by atoms with E-state index in [0.29, 0.717) is 6.42 Å². The minimum absolute atomic E-state index is 0.105. The van der Waals surface area contributed by atoms with Crippen LogP contribution in [0.5, 0.6) is 0 Å².